The minimum Gasteiger partial charge on any atom is -0.380 e. The molecule has 4 heteroatoms. The molecule has 1 atom stereocenters. The van der Waals surface area contributed by atoms with Crippen LogP contribution in [0.1, 0.15) is 18.9 Å². The molecule has 2 rings (SSSR count). The summed E-state index contributed by atoms with van der Waals surface area (Å²) >= 11 is 1.75. The van der Waals surface area contributed by atoms with E-state index in [-0.39, 0.29) is 0 Å². The van der Waals surface area contributed by atoms with Crippen molar-refractivity contribution in [3.63, 3.8) is 0 Å². The molecule has 1 aromatic heterocycles. The van der Waals surface area contributed by atoms with Gasteiger partial charge in [0.2, 0.25) is 0 Å². The minimum absolute atomic E-state index is 0.363. The Morgan fingerprint density at radius 1 is 1.41 bits per heavy atom. The summed E-state index contributed by atoms with van der Waals surface area (Å²) in [5.41, 5.74) is 1.09. The van der Waals surface area contributed by atoms with Gasteiger partial charge in [0.1, 0.15) is 5.01 Å². The second-order valence-electron chi connectivity index (χ2n) is 4.02. The van der Waals surface area contributed by atoms with E-state index in [2.05, 4.69) is 35.4 Å². The van der Waals surface area contributed by atoms with Crippen molar-refractivity contribution in [3.05, 3.63) is 29.3 Å². The van der Waals surface area contributed by atoms with E-state index in [9.17, 15) is 0 Å². The first-order chi connectivity index (χ1) is 8.29. The fourth-order valence-electron chi connectivity index (χ4n) is 1.61. The summed E-state index contributed by atoms with van der Waals surface area (Å²) in [5, 5.41) is 4.55. The van der Waals surface area contributed by atoms with Crippen molar-refractivity contribution >= 4 is 21.6 Å². The standard InChI is InChI=1S/C13H18N2OS/c1-3-16-9-10(2)14-8-13-15-11-6-4-5-7-12(11)17-13/h4-7,10,14H,3,8-9H2,1-2H3. The maximum Gasteiger partial charge on any atom is 0.108 e. The van der Waals surface area contributed by atoms with Gasteiger partial charge in [0, 0.05) is 19.2 Å². The fourth-order valence-corrected chi connectivity index (χ4v) is 2.53. The van der Waals surface area contributed by atoms with Crippen molar-refractivity contribution in [3.8, 4) is 0 Å². The number of fused-ring (bicyclic) bond motifs is 1. The second kappa shape index (κ2) is 6.10. The Labute approximate surface area is 106 Å². The highest BCUT2D eigenvalue weighted by atomic mass is 32.1. The van der Waals surface area contributed by atoms with E-state index >= 15 is 0 Å². The first-order valence-corrected chi connectivity index (χ1v) is 6.77. The summed E-state index contributed by atoms with van der Waals surface area (Å²) < 4.78 is 6.61. The molecule has 1 heterocycles. The highest BCUT2D eigenvalue weighted by Crippen LogP contribution is 2.21. The highest BCUT2D eigenvalue weighted by Gasteiger charge is 2.05. The van der Waals surface area contributed by atoms with Crippen molar-refractivity contribution in [2.24, 2.45) is 0 Å². The van der Waals surface area contributed by atoms with E-state index in [1.54, 1.807) is 11.3 Å². The summed E-state index contributed by atoms with van der Waals surface area (Å²) in [6.45, 7) is 6.48. The maximum atomic E-state index is 5.36. The molecule has 92 valence electrons. The van der Waals surface area contributed by atoms with Crippen LogP contribution in [0.4, 0.5) is 0 Å². The Bertz CT molecular complexity index is 436. The molecule has 1 aromatic carbocycles. The summed E-state index contributed by atoms with van der Waals surface area (Å²) in [6.07, 6.45) is 0. The van der Waals surface area contributed by atoms with Crippen molar-refractivity contribution in [1.82, 2.24) is 10.3 Å². The largest absolute Gasteiger partial charge is 0.380 e. The van der Waals surface area contributed by atoms with Crippen LogP contribution < -0.4 is 5.32 Å². The molecule has 0 aliphatic heterocycles. The zero-order chi connectivity index (χ0) is 12.1. The lowest BCUT2D eigenvalue weighted by Gasteiger charge is -2.11. The molecule has 0 amide bonds. The van der Waals surface area contributed by atoms with E-state index in [1.807, 2.05) is 13.0 Å². The van der Waals surface area contributed by atoms with E-state index < -0.39 is 0 Å². The summed E-state index contributed by atoms with van der Waals surface area (Å²) in [7, 11) is 0. The average Bonchev–Trinajstić information content (AvgIpc) is 2.76. The van der Waals surface area contributed by atoms with Gasteiger partial charge in [0.15, 0.2) is 0 Å². The van der Waals surface area contributed by atoms with Gasteiger partial charge in [-0.2, -0.15) is 0 Å². The maximum absolute atomic E-state index is 5.36. The molecule has 0 saturated carbocycles. The van der Waals surface area contributed by atoms with Crippen molar-refractivity contribution in [2.75, 3.05) is 13.2 Å². The molecule has 0 fully saturated rings. The van der Waals surface area contributed by atoms with Gasteiger partial charge in [0.05, 0.1) is 16.8 Å². The molecule has 0 bridgehead atoms. The van der Waals surface area contributed by atoms with E-state index in [4.69, 9.17) is 4.74 Å². The van der Waals surface area contributed by atoms with Crippen molar-refractivity contribution in [1.29, 1.82) is 0 Å². The molecule has 0 saturated heterocycles. The zero-order valence-corrected chi connectivity index (χ0v) is 11.1. The Kier molecular flexibility index (Phi) is 4.48. The number of para-hydroxylation sites is 1. The molecule has 0 aliphatic rings. The molecular weight excluding hydrogens is 232 g/mol. The summed E-state index contributed by atoms with van der Waals surface area (Å²) in [4.78, 5) is 4.58. The lowest BCUT2D eigenvalue weighted by Crippen LogP contribution is -2.29. The number of hydrogen-bond donors (Lipinski definition) is 1. The Hall–Kier alpha value is -0.970. The topological polar surface area (TPSA) is 34.1 Å². The fraction of sp³-hybridized carbons (Fsp3) is 0.462. The third kappa shape index (κ3) is 3.49. The van der Waals surface area contributed by atoms with Gasteiger partial charge in [-0.3, -0.25) is 0 Å². The normalized spacial score (nSPS) is 13.1. The molecule has 2 aromatic rings. The van der Waals surface area contributed by atoms with E-state index in [0.717, 1.165) is 30.3 Å². The molecular formula is C13H18N2OS. The second-order valence-corrected chi connectivity index (χ2v) is 5.13. The number of nitrogens with zero attached hydrogens (tertiary/aromatic N) is 1. The predicted octanol–water partition coefficient (Wildman–Crippen LogP) is 2.81. The quantitative estimate of drug-likeness (QED) is 0.856. The highest BCUT2D eigenvalue weighted by molar-refractivity contribution is 7.18. The third-order valence-electron chi connectivity index (χ3n) is 2.51. The van der Waals surface area contributed by atoms with Crippen LogP contribution in [0.15, 0.2) is 24.3 Å². The molecule has 17 heavy (non-hydrogen) atoms. The van der Waals surface area contributed by atoms with Crippen LogP contribution in [0.2, 0.25) is 0 Å². The predicted molar refractivity (Wildman–Crippen MR) is 72.4 cm³/mol. The van der Waals surface area contributed by atoms with Crippen LogP contribution in [-0.2, 0) is 11.3 Å². The molecule has 1 unspecified atom stereocenters. The average molecular weight is 250 g/mol. The van der Waals surface area contributed by atoms with Crippen LogP contribution >= 0.6 is 11.3 Å². The number of nitrogens with one attached hydrogen (secondary N) is 1. The Balaban J connectivity index is 1.90. The number of rotatable bonds is 6. The Morgan fingerprint density at radius 3 is 3.00 bits per heavy atom. The van der Waals surface area contributed by atoms with Crippen LogP contribution in [-0.4, -0.2) is 24.2 Å². The van der Waals surface area contributed by atoms with Crippen LogP contribution in [0.5, 0.6) is 0 Å². The number of thiazole rings is 1. The van der Waals surface area contributed by atoms with E-state index in [1.165, 1.54) is 4.70 Å². The zero-order valence-electron chi connectivity index (χ0n) is 10.3. The minimum atomic E-state index is 0.363. The first-order valence-electron chi connectivity index (χ1n) is 5.95. The molecule has 3 nitrogen and oxygen atoms in total. The van der Waals surface area contributed by atoms with Gasteiger partial charge in [-0.15, -0.1) is 11.3 Å². The van der Waals surface area contributed by atoms with Gasteiger partial charge in [0.25, 0.3) is 0 Å². The number of ether oxygens (including phenoxy) is 1. The molecule has 1 N–H and O–H groups in total. The lowest BCUT2D eigenvalue weighted by atomic mass is 10.3. The summed E-state index contributed by atoms with van der Waals surface area (Å²) in [5.74, 6) is 0. The molecule has 0 aliphatic carbocycles. The number of benzene rings is 1. The molecule has 0 spiro atoms. The van der Waals surface area contributed by atoms with E-state index in [0.29, 0.717) is 6.04 Å². The van der Waals surface area contributed by atoms with Crippen LogP contribution in [0.3, 0.4) is 0 Å². The van der Waals surface area contributed by atoms with Gasteiger partial charge in [-0.25, -0.2) is 4.98 Å². The monoisotopic (exact) mass is 250 g/mol. The number of hydrogen-bond acceptors (Lipinski definition) is 4. The Morgan fingerprint density at radius 2 is 2.24 bits per heavy atom. The van der Waals surface area contributed by atoms with Crippen molar-refractivity contribution < 1.29 is 4.74 Å². The summed E-state index contributed by atoms with van der Waals surface area (Å²) in [6, 6.07) is 8.60. The van der Waals surface area contributed by atoms with Gasteiger partial charge in [-0.1, -0.05) is 12.1 Å². The van der Waals surface area contributed by atoms with Gasteiger partial charge in [-0.05, 0) is 26.0 Å². The van der Waals surface area contributed by atoms with Crippen LogP contribution in [0.25, 0.3) is 10.2 Å². The van der Waals surface area contributed by atoms with Crippen LogP contribution in [0, 0.1) is 0 Å². The van der Waals surface area contributed by atoms with Crippen molar-refractivity contribution in [2.45, 2.75) is 26.4 Å². The van der Waals surface area contributed by atoms with Gasteiger partial charge >= 0.3 is 0 Å². The number of aromatic nitrogens is 1. The van der Waals surface area contributed by atoms with Gasteiger partial charge < -0.3 is 10.1 Å². The lowest BCUT2D eigenvalue weighted by molar-refractivity contribution is 0.127. The first kappa shape index (κ1) is 12.5. The smallest absolute Gasteiger partial charge is 0.108 e. The SMILES string of the molecule is CCOCC(C)NCc1nc2ccccc2s1. The third-order valence-corrected chi connectivity index (χ3v) is 3.55. The molecule has 0 radical (unpaired) electrons.